The van der Waals surface area contributed by atoms with Crippen LogP contribution in [-0.2, 0) is 15.0 Å². The topological polar surface area (TPSA) is 130 Å². The molecule has 0 saturated carbocycles. The van der Waals surface area contributed by atoms with Gasteiger partial charge in [0.15, 0.2) is 5.41 Å². The molecule has 2 aliphatic rings. The number of halogens is 1. The molecule has 2 atom stereocenters. The van der Waals surface area contributed by atoms with Crippen molar-refractivity contribution in [1.29, 1.82) is 0 Å². The number of rotatable bonds is 10. The SMILES string of the molecule is CCCCC.CCCCC(=O)N1CCCC1.CP(O)C(C)(F)c1ccc2sc(C(N)=O)cc2c1.Cc1ccnnc1C1CN(C=O)C1. The molecule has 2 saturated heterocycles. The fraction of sp³-hybridized carbons (Fsp3) is 0.571. The molecule has 4 heterocycles. The van der Waals surface area contributed by atoms with E-state index in [0.717, 1.165) is 73.2 Å². The van der Waals surface area contributed by atoms with Crippen LogP contribution in [0.2, 0.25) is 0 Å². The first kappa shape index (κ1) is 40.2. The maximum Gasteiger partial charge on any atom is 0.258 e. The smallest absolute Gasteiger partial charge is 0.258 e. The quantitative estimate of drug-likeness (QED) is 0.168. The lowest BCUT2D eigenvalue weighted by Crippen LogP contribution is -2.44. The highest BCUT2D eigenvalue weighted by atomic mass is 32.1. The summed E-state index contributed by atoms with van der Waals surface area (Å²) < 4.78 is 15.2. The molecule has 2 fully saturated rings. The molecule has 12 heteroatoms. The van der Waals surface area contributed by atoms with E-state index in [0.29, 0.717) is 22.3 Å². The predicted molar refractivity (Wildman–Crippen MR) is 192 cm³/mol. The number of thiophene rings is 1. The van der Waals surface area contributed by atoms with Crippen LogP contribution in [0.15, 0.2) is 36.5 Å². The van der Waals surface area contributed by atoms with Gasteiger partial charge < -0.3 is 20.4 Å². The van der Waals surface area contributed by atoms with Crippen molar-refractivity contribution in [2.45, 2.75) is 97.3 Å². The van der Waals surface area contributed by atoms with Crippen molar-refractivity contribution in [2.24, 2.45) is 5.73 Å². The van der Waals surface area contributed by atoms with Crippen LogP contribution in [0.4, 0.5) is 4.39 Å². The summed E-state index contributed by atoms with van der Waals surface area (Å²) in [5.74, 6) is 0.268. The third kappa shape index (κ3) is 12.5. The molecule has 2 aliphatic heterocycles. The molecular formula is C35H53FN5O4PS. The van der Waals surface area contributed by atoms with Crippen molar-refractivity contribution in [2.75, 3.05) is 32.8 Å². The number of aryl methyl sites for hydroxylation is 1. The fourth-order valence-corrected chi connectivity index (χ4v) is 6.43. The second-order valence-corrected chi connectivity index (χ2v) is 15.1. The molecule has 0 bridgehead atoms. The molecule has 47 heavy (non-hydrogen) atoms. The van der Waals surface area contributed by atoms with E-state index in [2.05, 4.69) is 31.0 Å². The van der Waals surface area contributed by atoms with E-state index in [1.54, 1.807) is 35.4 Å². The summed E-state index contributed by atoms with van der Waals surface area (Å²) in [4.78, 5) is 46.4. The first-order chi connectivity index (χ1) is 22.4. The number of aromatic nitrogens is 2. The molecule has 260 valence electrons. The Labute approximate surface area is 285 Å². The molecule has 1 aromatic carbocycles. The van der Waals surface area contributed by atoms with E-state index in [1.165, 1.54) is 57.0 Å². The number of hydrogen-bond acceptors (Lipinski definition) is 7. The van der Waals surface area contributed by atoms with Gasteiger partial charge in [0, 0.05) is 49.4 Å². The number of amides is 3. The number of nitrogens with zero attached hydrogens (tertiary/aromatic N) is 4. The van der Waals surface area contributed by atoms with Crippen LogP contribution in [0, 0.1) is 6.92 Å². The zero-order valence-corrected chi connectivity index (χ0v) is 30.6. The molecular weight excluding hydrogens is 636 g/mol. The molecule has 0 radical (unpaired) electrons. The average molecular weight is 690 g/mol. The van der Waals surface area contributed by atoms with Gasteiger partial charge in [-0.15, -0.1) is 11.3 Å². The molecule has 5 rings (SSSR count). The Kier molecular flexibility index (Phi) is 17.4. The van der Waals surface area contributed by atoms with Crippen LogP contribution in [-0.4, -0.2) is 76.0 Å². The zero-order valence-electron chi connectivity index (χ0n) is 28.9. The second-order valence-electron chi connectivity index (χ2n) is 12.1. The highest BCUT2D eigenvalue weighted by molar-refractivity contribution is 7.51. The molecule has 3 aromatic rings. The van der Waals surface area contributed by atoms with Gasteiger partial charge in [-0.25, -0.2) is 4.39 Å². The molecule has 3 amide bonds. The Morgan fingerprint density at radius 2 is 1.74 bits per heavy atom. The number of carbonyl (C=O) groups excluding carboxylic acids is 3. The molecule has 3 N–H and O–H groups in total. The van der Waals surface area contributed by atoms with Gasteiger partial charge in [-0.2, -0.15) is 10.2 Å². The monoisotopic (exact) mass is 689 g/mol. The Morgan fingerprint density at radius 1 is 1.11 bits per heavy atom. The number of likely N-dealkylation sites (tertiary alicyclic amines) is 2. The minimum atomic E-state index is -1.75. The summed E-state index contributed by atoms with van der Waals surface area (Å²) in [6.45, 7) is 15.0. The van der Waals surface area contributed by atoms with E-state index in [4.69, 9.17) is 5.73 Å². The van der Waals surface area contributed by atoms with Gasteiger partial charge in [-0.05, 0) is 80.6 Å². The number of benzene rings is 1. The van der Waals surface area contributed by atoms with Gasteiger partial charge in [-0.3, -0.25) is 14.4 Å². The van der Waals surface area contributed by atoms with Gasteiger partial charge in [0.05, 0.1) is 18.7 Å². The van der Waals surface area contributed by atoms with Gasteiger partial charge in [0.1, 0.15) is 0 Å². The summed E-state index contributed by atoms with van der Waals surface area (Å²) in [6.07, 6.45) is 12.0. The van der Waals surface area contributed by atoms with E-state index in [9.17, 15) is 23.7 Å². The van der Waals surface area contributed by atoms with Crippen molar-refractivity contribution in [3.8, 4) is 0 Å². The summed E-state index contributed by atoms with van der Waals surface area (Å²) in [5, 5.41) is 6.94. The number of alkyl halides is 1. The molecule has 9 nitrogen and oxygen atoms in total. The standard InChI is InChI=1S/C12H13FNO2PS.C9H11N3O.C9H17NO.C5H12/c1-12(13,17(2)16)8-3-4-9-7(5-8)6-10(18-9)11(14)15;1-7-2-3-10-11-9(7)8-4-12(5-8)6-13;1-2-3-6-9(11)10-7-4-5-8-10;1-3-5-4-2/h3-6,16H,1-2H3,(H2,14,15);2-3,6,8H,4-5H2,1H3;2-8H2,1H3;3-5H2,1-2H3. The lowest BCUT2D eigenvalue weighted by Gasteiger charge is -2.36. The van der Waals surface area contributed by atoms with Crippen molar-refractivity contribution < 1.29 is 23.7 Å². The third-order valence-corrected chi connectivity index (χ3v) is 10.8. The Morgan fingerprint density at radius 3 is 2.26 bits per heavy atom. The van der Waals surface area contributed by atoms with E-state index < -0.39 is 19.5 Å². The van der Waals surface area contributed by atoms with Crippen molar-refractivity contribution in [3.63, 3.8) is 0 Å². The number of fused-ring (bicyclic) bond motifs is 1. The summed E-state index contributed by atoms with van der Waals surface area (Å²) in [5.41, 5.74) is 7.81. The molecule has 2 aromatic heterocycles. The highest BCUT2D eigenvalue weighted by Gasteiger charge is 2.32. The van der Waals surface area contributed by atoms with Gasteiger partial charge >= 0.3 is 0 Å². The van der Waals surface area contributed by atoms with Crippen LogP contribution in [0.1, 0.15) is 111 Å². The van der Waals surface area contributed by atoms with Crippen LogP contribution >= 0.6 is 19.5 Å². The number of nitrogens with two attached hydrogens (primary N) is 1. The highest BCUT2D eigenvalue weighted by Crippen LogP contribution is 2.51. The number of unbranched alkanes of at least 4 members (excludes halogenated alkanes) is 3. The maximum atomic E-state index is 14.3. The summed E-state index contributed by atoms with van der Waals surface area (Å²) in [6, 6.07) is 8.65. The van der Waals surface area contributed by atoms with E-state index in [1.807, 2.05) is 17.9 Å². The second kappa shape index (κ2) is 20.4. The largest absolute Gasteiger partial charge is 0.370 e. The Hall–Kier alpha value is -3.01. The predicted octanol–water partition coefficient (Wildman–Crippen LogP) is 7.50. The van der Waals surface area contributed by atoms with Crippen molar-refractivity contribution in [1.82, 2.24) is 20.0 Å². The van der Waals surface area contributed by atoms with Gasteiger partial charge in [0.2, 0.25) is 12.3 Å². The third-order valence-electron chi connectivity index (χ3n) is 8.21. The van der Waals surface area contributed by atoms with E-state index in [-0.39, 0.29) is 0 Å². The summed E-state index contributed by atoms with van der Waals surface area (Å²) >= 11 is 1.28. The maximum absolute atomic E-state index is 14.3. The first-order valence-electron chi connectivity index (χ1n) is 16.6. The molecule has 0 spiro atoms. The van der Waals surface area contributed by atoms with Crippen molar-refractivity contribution >= 4 is 47.8 Å². The lowest BCUT2D eigenvalue weighted by molar-refractivity contribution is -0.130. The van der Waals surface area contributed by atoms with Crippen LogP contribution in [0.5, 0.6) is 0 Å². The zero-order chi connectivity index (χ0) is 35.0. The van der Waals surface area contributed by atoms with Crippen LogP contribution < -0.4 is 5.73 Å². The number of carbonyl (C=O) groups is 3. The van der Waals surface area contributed by atoms with E-state index >= 15 is 0 Å². The van der Waals surface area contributed by atoms with Crippen LogP contribution in [0.3, 0.4) is 0 Å². The van der Waals surface area contributed by atoms with Crippen molar-refractivity contribution in [3.05, 3.63) is 58.2 Å². The Balaban J connectivity index is 0.000000235. The molecule has 2 unspecified atom stereocenters. The number of hydrogen-bond donors (Lipinski definition) is 2. The summed E-state index contributed by atoms with van der Waals surface area (Å²) in [7, 11) is -1.74. The number of primary amides is 1. The normalized spacial score (nSPS) is 15.9. The Bertz CT molecular complexity index is 1410. The van der Waals surface area contributed by atoms with Gasteiger partial charge in [-0.1, -0.05) is 52.5 Å². The minimum Gasteiger partial charge on any atom is -0.370 e. The average Bonchev–Trinajstić information content (AvgIpc) is 3.72. The minimum absolute atomic E-state index is 0.365. The first-order valence-corrected chi connectivity index (χ1v) is 19.2. The fourth-order valence-electron chi connectivity index (χ4n) is 5.02. The lowest BCUT2D eigenvalue weighted by atomic mass is 9.94. The van der Waals surface area contributed by atoms with Crippen LogP contribution in [0.25, 0.3) is 10.1 Å². The van der Waals surface area contributed by atoms with Gasteiger partial charge in [0.25, 0.3) is 5.91 Å². The molecule has 0 aliphatic carbocycles.